The molecule has 1 atom stereocenters. The van der Waals surface area contributed by atoms with Crippen LogP contribution in [0.25, 0.3) is 16.6 Å². The van der Waals surface area contributed by atoms with Gasteiger partial charge < -0.3 is 0 Å². The normalized spacial score (nSPS) is 12.8. The maximum Gasteiger partial charge on any atom is 0.312 e. The van der Waals surface area contributed by atoms with Crippen molar-refractivity contribution in [2.45, 2.75) is 26.8 Å². The van der Waals surface area contributed by atoms with E-state index in [1.165, 1.54) is 0 Å². The first kappa shape index (κ1) is 15.2. The quantitative estimate of drug-likeness (QED) is 0.420. The minimum Gasteiger partial charge on any atom is -0.258 e. The second-order valence-corrected chi connectivity index (χ2v) is 5.90. The number of hydrogen-bond acceptors (Lipinski definition) is 6. The van der Waals surface area contributed by atoms with Gasteiger partial charge in [0.05, 0.1) is 10.4 Å². The molecule has 3 heterocycles. The molecular formula is C16H15N7O2. The molecule has 0 saturated carbocycles. The van der Waals surface area contributed by atoms with E-state index in [-0.39, 0.29) is 11.7 Å². The second kappa shape index (κ2) is 5.33. The van der Waals surface area contributed by atoms with Crippen LogP contribution in [0.15, 0.2) is 30.6 Å². The van der Waals surface area contributed by atoms with E-state index in [9.17, 15) is 10.1 Å². The molecule has 4 aromatic rings. The Morgan fingerprint density at radius 3 is 2.68 bits per heavy atom. The number of nitrogens with zero attached hydrogens (tertiary/aromatic N) is 7. The molecule has 0 fully saturated rings. The fourth-order valence-corrected chi connectivity index (χ4v) is 3.08. The second-order valence-electron chi connectivity index (χ2n) is 5.90. The standard InChI is InChI=1S/C16H15N7O2/c1-9-14(23(24)25)10(2)22(19-9)11(3)15-18-16-12-6-4-5-7-13(12)17-8-21(16)20-15/h4-8,11H,1-3H3/t11-/m0/s1. The summed E-state index contributed by atoms with van der Waals surface area (Å²) in [5.41, 5.74) is 2.43. The Morgan fingerprint density at radius 1 is 1.20 bits per heavy atom. The van der Waals surface area contributed by atoms with Crippen LogP contribution in [0.2, 0.25) is 0 Å². The highest BCUT2D eigenvalue weighted by Crippen LogP contribution is 2.27. The van der Waals surface area contributed by atoms with E-state index in [4.69, 9.17) is 0 Å². The first-order chi connectivity index (χ1) is 12.0. The smallest absolute Gasteiger partial charge is 0.258 e. The van der Waals surface area contributed by atoms with Gasteiger partial charge in [-0.2, -0.15) is 5.10 Å². The molecule has 0 amide bonds. The average molecular weight is 337 g/mol. The third kappa shape index (κ3) is 2.24. The monoisotopic (exact) mass is 337 g/mol. The third-order valence-corrected chi connectivity index (χ3v) is 4.31. The van der Waals surface area contributed by atoms with Crippen LogP contribution in [0.5, 0.6) is 0 Å². The molecule has 126 valence electrons. The topological polar surface area (TPSA) is 104 Å². The van der Waals surface area contributed by atoms with E-state index in [1.54, 1.807) is 29.4 Å². The molecule has 0 bridgehead atoms. The number of benzene rings is 1. The van der Waals surface area contributed by atoms with Crippen LogP contribution in [0, 0.1) is 24.0 Å². The summed E-state index contributed by atoms with van der Waals surface area (Å²) in [5.74, 6) is 0.527. The molecule has 4 rings (SSSR count). The lowest BCUT2D eigenvalue weighted by molar-refractivity contribution is -0.386. The predicted octanol–water partition coefficient (Wildman–Crippen LogP) is 2.61. The number of aromatic nitrogens is 6. The molecule has 0 aliphatic carbocycles. The molecule has 0 aliphatic rings. The first-order valence-corrected chi connectivity index (χ1v) is 7.77. The minimum absolute atomic E-state index is 0.0303. The Morgan fingerprint density at radius 2 is 1.96 bits per heavy atom. The highest BCUT2D eigenvalue weighted by molar-refractivity contribution is 5.90. The van der Waals surface area contributed by atoms with Crippen molar-refractivity contribution >= 4 is 22.2 Å². The van der Waals surface area contributed by atoms with Crippen LogP contribution in [0.3, 0.4) is 0 Å². The molecule has 0 N–H and O–H groups in total. The van der Waals surface area contributed by atoms with E-state index >= 15 is 0 Å². The van der Waals surface area contributed by atoms with Crippen molar-refractivity contribution in [3.05, 3.63) is 57.9 Å². The average Bonchev–Trinajstić information content (AvgIpc) is 3.15. The van der Waals surface area contributed by atoms with Gasteiger partial charge in [0, 0.05) is 5.39 Å². The predicted molar refractivity (Wildman–Crippen MR) is 90.5 cm³/mol. The zero-order valence-electron chi connectivity index (χ0n) is 13.9. The highest BCUT2D eigenvalue weighted by Gasteiger charge is 2.26. The Labute approximate surface area is 142 Å². The zero-order valence-corrected chi connectivity index (χ0v) is 13.9. The van der Waals surface area contributed by atoms with Crippen molar-refractivity contribution in [2.75, 3.05) is 0 Å². The summed E-state index contributed by atoms with van der Waals surface area (Å²) in [5, 5.41) is 20.9. The van der Waals surface area contributed by atoms with Crippen LogP contribution < -0.4 is 0 Å². The Kier molecular flexibility index (Phi) is 3.24. The highest BCUT2D eigenvalue weighted by atomic mass is 16.6. The number of nitro groups is 1. The molecule has 0 spiro atoms. The lowest BCUT2D eigenvalue weighted by atomic mass is 10.2. The van der Waals surface area contributed by atoms with Gasteiger partial charge in [-0.3, -0.25) is 14.8 Å². The number of fused-ring (bicyclic) bond motifs is 3. The summed E-state index contributed by atoms with van der Waals surface area (Å²) >= 11 is 0. The summed E-state index contributed by atoms with van der Waals surface area (Å²) < 4.78 is 3.21. The summed E-state index contributed by atoms with van der Waals surface area (Å²) in [6.07, 6.45) is 1.62. The molecule has 0 aliphatic heterocycles. The largest absolute Gasteiger partial charge is 0.312 e. The fraction of sp³-hybridized carbons (Fsp3) is 0.250. The Bertz CT molecular complexity index is 1130. The summed E-state index contributed by atoms with van der Waals surface area (Å²) in [6.45, 7) is 5.18. The van der Waals surface area contributed by atoms with Gasteiger partial charge in [-0.25, -0.2) is 14.5 Å². The summed E-state index contributed by atoms with van der Waals surface area (Å²) in [4.78, 5) is 19.8. The fourth-order valence-electron chi connectivity index (χ4n) is 3.08. The molecular weight excluding hydrogens is 322 g/mol. The van der Waals surface area contributed by atoms with Crippen molar-refractivity contribution in [3.63, 3.8) is 0 Å². The first-order valence-electron chi connectivity index (χ1n) is 7.77. The summed E-state index contributed by atoms with van der Waals surface area (Å²) in [7, 11) is 0. The molecule has 25 heavy (non-hydrogen) atoms. The SMILES string of the molecule is Cc1nn([C@@H](C)c2nc3c4ccccc4ncn3n2)c(C)c1[N+](=O)[O-]. The van der Waals surface area contributed by atoms with Gasteiger partial charge in [0.15, 0.2) is 11.5 Å². The van der Waals surface area contributed by atoms with E-state index in [0.29, 0.717) is 22.9 Å². The van der Waals surface area contributed by atoms with E-state index in [2.05, 4.69) is 20.2 Å². The van der Waals surface area contributed by atoms with Gasteiger partial charge in [-0.1, -0.05) is 12.1 Å². The van der Waals surface area contributed by atoms with Crippen molar-refractivity contribution < 1.29 is 4.92 Å². The third-order valence-electron chi connectivity index (χ3n) is 4.31. The van der Waals surface area contributed by atoms with Gasteiger partial charge in [0.25, 0.3) is 0 Å². The van der Waals surface area contributed by atoms with Crippen LogP contribution in [-0.4, -0.2) is 34.3 Å². The van der Waals surface area contributed by atoms with Crippen molar-refractivity contribution in [1.82, 2.24) is 29.4 Å². The van der Waals surface area contributed by atoms with Crippen molar-refractivity contribution in [1.29, 1.82) is 0 Å². The van der Waals surface area contributed by atoms with Gasteiger partial charge in [-0.05, 0) is 32.9 Å². The molecule has 3 aromatic heterocycles. The van der Waals surface area contributed by atoms with Crippen molar-refractivity contribution in [2.24, 2.45) is 0 Å². The molecule has 0 unspecified atom stereocenters. The Balaban J connectivity index is 1.86. The van der Waals surface area contributed by atoms with Gasteiger partial charge in [0.2, 0.25) is 0 Å². The molecule has 9 nitrogen and oxygen atoms in total. The van der Waals surface area contributed by atoms with E-state index in [1.807, 2.05) is 31.2 Å². The molecule has 1 aromatic carbocycles. The van der Waals surface area contributed by atoms with Crippen molar-refractivity contribution in [3.8, 4) is 0 Å². The van der Waals surface area contributed by atoms with Crippen LogP contribution in [-0.2, 0) is 0 Å². The van der Waals surface area contributed by atoms with Gasteiger partial charge in [-0.15, -0.1) is 5.10 Å². The maximum absolute atomic E-state index is 11.2. The zero-order chi connectivity index (χ0) is 17.7. The molecule has 0 radical (unpaired) electrons. The summed E-state index contributed by atoms with van der Waals surface area (Å²) in [6, 6.07) is 7.35. The number of aryl methyl sites for hydroxylation is 1. The van der Waals surface area contributed by atoms with Crippen LogP contribution in [0.4, 0.5) is 5.69 Å². The lowest BCUT2D eigenvalue weighted by Crippen LogP contribution is -2.12. The molecule has 0 saturated heterocycles. The Hall–Kier alpha value is -3.36. The number of hydrogen-bond donors (Lipinski definition) is 0. The lowest BCUT2D eigenvalue weighted by Gasteiger charge is -2.09. The van der Waals surface area contributed by atoms with E-state index < -0.39 is 4.92 Å². The van der Waals surface area contributed by atoms with Gasteiger partial charge in [0.1, 0.15) is 23.8 Å². The van der Waals surface area contributed by atoms with Crippen LogP contribution in [0.1, 0.15) is 30.2 Å². The van der Waals surface area contributed by atoms with Gasteiger partial charge >= 0.3 is 5.69 Å². The number of para-hydroxylation sites is 1. The van der Waals surface area contributed by atoms with Crippen LogP contribution >= 0.6 is 0 Å². The minimum atomic E-state index is -0.407. The van der Waals surface area contributed by atoms with E-state index in [0.717, 1.165) is 10.9 Å². The molecule has 9 heteroatoms. The maximum atomic E-state index is 11.2. The number of rotatable bonds is 3.